The van der Waals surface area contributed by atoms with Crippen LogP contribution < -0.4 is 5.32 Å². The molecule has 16 heavy (non-hydrogen) atoms. The monoisotopic (exact) mass is 222 g/mol. The molecule has 0 radical (unpaired) electrons. The molecule has 1 atom stereocenters. The lowest BCUT2D eigenvalue weighted by Crippen LogP contribution is -2.44. The molecular weight excluding hydrogens is 208 g/mol. The molecule has 1 aromatic heterocycles. The fraction of sp³-hybridized carbons (Fsp3) is 0.364. The predicted molar refractivity (Wildman–Crippen MR) is 57.8 cm³/mol. The van der Waals surface area contributed by atoms with Crippen molar-refractivity contribution < 1.29 is 14.7 Å². The third-order valence-electron chi connectivity index (χ3n) is 2.48. The van der Waals surface area contributed by atoms with Gasteiger partial charge in [0.05, 0.1) is 0 Å². The van der Waals surface area contributed by atoms with Gasteiger partial charge in [0.1, 0.15) is 5.41 Å². The van der Waals surface area contributed by atoms with Gasteiger partial charge in [0.15, 0.2) is 0 Å². The first-order valence-corrected chi connectivity index (χ1v) is 4.85. The average Bonchev–Trinajstić information content (AvgIpc) is 2.28. The molecule has 1 amide bonds. The van der Waals surface area contributed by atoms with Crippen LogP contribution >= 0.6 is 0 Å². The minimum atomic E-state index is -1.46. The fourth-order valence-corrected chi connectivity index (χ4v) is 1.44. The second-order valence-electron chi connectivity index (χ2n) is 3.75. The molecule has 2 N–H and O–H groups in total. The van der Waals surface area contributed by atoms with E-state index in [0.717, 1.165) is 5.56 Å². The molecule has 0 aliphatic heterocycles. The second-order valence-corrected chi connectivity index (χ2v) is 3.75. The van der Waals surface area contributed by atoms with Gasteiger partial charge in [-0.05, 0) is 25.0 Å². The van der Waals surface area contributed by atoms with Gasteiger partial charge in [-0.1, -0.05) is 6.07 Å². The minimum Gasteiger partial charge on any atom is -0.480 e. The second kappa shape index (κ2) is 4.74. The van der Waals surface area contributed by atoms with Gasteiger partial charge in [-0.2, -0.15) is 0 Å². The number of nitrogens with zero attached hydrogens (tertiary/aromatic N) is 1. The summed E-state index contributed by atoms with van der Waals surface area (Å²) in [6.45, 7) is 1.40. The Bertz CT molecular complexity index is 391. The zero-order chi connectivity index (χ0) is 12.2. The van der Waals surface area contributed by atoms with Crippen LogP contribution in [0.1, 0.15) is 12.5 Å². The number of rotatable bonds is 4. The van der Waals surface area contributed by atoms with Crippen LogP contribution in [0.2, 0.25) is 0 Å². The maximum atomic E-state index is 11.6. The smallest absolute Gasteiger partial charge is 0.319 e. The Morgan fingerprint density at radius 3 is 2.69 bits per heavy atom. The molecule has 0 spiro atoms. The molecule has 5 nitrogen and oxygen atoms in total. The molecule has 0 fully saturated rings. The van der Waals surface area contributed by atoms with E-state index in [2.05, 4.69) is 10.3 Å². The zero-order valence-electron chi connectivity index (χ0n) is 9.23. The van der Waals surface area contributed by atoms with E-state index in [1.165, 1.54) is 14.0 Å². The van der Waals surface area contributed by atoms with Crippen molar-refractivity contribution >= 4 is 11.9 Å². The van der Waals surface area contributed by atoms with E-state index >= 15 is 0 Å². The molecule has 0 aromatic carbocycles. The van der Waals surface area contributed by atoms with Gasteiger partial charge < -0.3 is 10.4 Å². The number of carboxylic acids is 1. The number of hydrogen-bond acceptors (Lipinski definition) is 3. The van der Waals surface area contributed by atoms with Crippen molar-refractivity contribution in [3.8, 4) is 0 Å². The molecule has 1 heterocycles. The van der Waals surface area contributed by atoms with E-state index in [9.17, 15) is 9.59 Å². The summed E-state index contributed by atoms with van der Waals surface area (Å²) < 4.78 is 0. The number of aromatic nitrogens is 1. The molecule has 0 aliphatic carbocycles. The zero-order valence-corrected chi connectivity index (χ0v) is 9.23. The van der Waals surface area contributed by atoms with E-state index in [1.807, 2.05) is 0 Å². The number of hydrogen-bond donors (Lipinski definition) is 2. The first-order valence-electron chi connectivity index (χ1n) is 4.85. The molecule has 1 aromatic rings. The Kier molecular flexibility index (Phi) is 3.60. The lowest BCUT2D eigenvalue weighted by Gasteiger charge is -2.22. The molecule has 1 rings (SSSR count). The Labute approximate surface area is 93.5 Å². The van der Waals surface area contributed by atoms with E-state index in [1.54, 1.807) is 24.5 Å². The van der Waals surface area contributed by atoms with Crippen molar-refractivity contribution in [3.05, 3.63) is 30.1 Å². The van der Waals surface area contributed by atoms with E-state index in [4.69, 9.17) is 5.11 Å². The topological polar surface area (TPSA) is 79.3 Å². The van der Waals surface area contributed by atoms with E-state index < -0.39 is 17.3 Å². The van der Waals surface area contributed by atoms with Crippen LogP contribution in [-0.2, 0) is 16.0 Å². The van der Waals surface area contributed by atoms with Gasteiger partial charge in [-0.25, -0.2) is 0 Å². The third-order valence-corrected chi connectivity index (χ3v) is 2.48. The van der Waals surface area contributed by atoms with Crippen molar-refractivity contribution in [2.24, 2.45) is 5.41 Å². The largest absolute Gasteiger partial charge is 0.480 e. The number of amides is 1. The first kappa shape index (κ1) is 12.2. The van der Waals surface area contributed by atoms with Crippen molar-refractivity contribution in [1.29, 1.82) is 0 Å². The van der Waals surface area contributed by atoms with Gasteiger partial charge in [-0.15, -0.1) is 0 Å². The first-order chi connectivity index (χ1) is 7.50. The van der Waals surface area contributed by atoms with Crippen LogP contribution in [0.4, 0.5) is 0 Å². The third kappa shape index (κ3) is 2.36. The standard InChI is InChI=1S/C11H14N2O3/c1-11(10(15)16,9(14)12-2)6-8-4-3-5-13-7-8/h3-5,7H,6H2,1-2H3,(H,12,14)(H,15,16). The number of pyridine rings is 1. The van der Waals surface area contributed by atoms with E-state index in [0.29, 0.717) is 0 Å². The summed E-state index contributed by atoms with van der Waals surface area (Å²) >= 11 is 0. The lowest BCUT2D eigenvalue weighted by atomic mass is 9.83. The highest BCUT2D eigenvalue weighted by Crippen LogP contribution is 2.22. The highest BCUT2D eigenvalue weighted by Gasteiger charge is 2.40. The van der Waals surface area contributed by atoms with Crippen LogP contribution in [0, 0.1) is 5.41 Å². The predicted octanol–water partition coefficient (Wildman–Crippen LogP) is 0.461. The molecule has 86 valence electrons. The summed E-state index contributed by atoms with van der Waals surface area (Å²) in [5.74, 6) is -1.65. The van der Waals surface area contributed by atoms with Gasteiger partial charge in [0, 0.05) is 19.4 Å². The molecule has 0 saturated heterocycles. The molecule has 0 bridgehead atoms. The summed E-state index contributed by atoms with van der Waals surface area (Å²) in [5.41, 5.74) is -0.742. The molecule has 1 unspecified atom stereocenters. The summed E-state index contributed by atoms with van der Waals surface area (Å²) in [6, 6.07) is 3.46. The van der Waals surface area contributed by atoms with Crippen LogP contribution in [0.15, 0.2) is 24.5 Å². The SMILES string of the molecule is CNC(=O)C(C)(Cc1cccnc1)C(=O)O. The lowest BCUT2D eigenvalue weighted by molar-refractivity contribution is -0.154. The maximum absolute atomic E-state index is 11.6. The Balaban J connectivity index is 2.97. The summed E-state index contributed by atoms with van der Waals surface area (Å²) in [4.78, 5) is 26.6. The van der Waals surface area contributed by atoms with Gasteiger partial charge in [0.2, 0.25) is 5.91 Å². The van der Waals surface area contributed by atoms with Crippen molar-refractivity contribution in [3.63, 3.8) is 0 Å². The van der Waals surface area contributed by atoms with Gasteiger partial charge in [0.25, 0.3) is 0 Å². The van der Waals surface area contributed by atoms with Crippen molar-refractivity contribution in [2.75, 3.05) is 7.05 Å². The average molecular weight is 222 g/mol. The number of nitrogens with one attached hydrogen (secondary N) is 1. The van der Waals surface area contributed by atoms with E-state index in [-0.39, 0.29) is 6.42 Å². The van der Waals surface area contributed by atoms with Crippen LogP contribution in [0.25, 0.3) is 0 Å². The van der Waals surface area contributed by atoms with Crippen molar-refractivity contribution in [2.45, 2.75) is 13.3 Å². The number of aliphatic carboxylic acids is 1. The molecule has 0 aliphatic rings. The number of carboxylic acid groups (broad SMARTS) is 1. The number of carbonyl (C=O) groups is 2. The van der Waals surface area contributed by atoms with Crippen LogP contribution in [-0.4, -0.2) is 29.0 Å². The molecule has 0 saturated carbocycles. The van der Waals surface area contributed by atoms with Crippen molar-refractivity contribution in [1.82, 2.24) is 10.3 Å². The molecule has 5 heteroatoms. The number of carbonyl (C=O) groups excluding carboxylic acids is 1. The molecular formula is C11H14N2O3. The fourth-order valence-electron chi connectivity index (χ4n) is 1.44. The normalized spacial score (nSPS) is 13.9. The minimum absolute atomic E-state index is 0.121. The summed E-state index contributed by atoms with van der Waals surface area (Å²) in [7, 11) is 1.42. The van der Waals surface area contributed by atoms with Gasteiger partial charge in [-0.3, -0.25) is 14.6 Å². The van der Waals surface area contributed by atoms with Crippen LogP contribution in [0.5, 0.6) is 0 Å². The summed E-state index contributed by atoms with van der Waals surface area (Å²) in [5, 5.41) is 11.5. The summed E-state index contributed by atoms with van der Waals surface area (Å²) in [6.07, 6.45) is 3.28. The quantitative estimate of drug-likeness (QED) is 0.725. The Morgan fingerprint density at radius 1 is 1.56 bits per heavy atom. The Hall–Kier alpha value is -1.91. The Morgan fingerprint density at radius 2 is 2.25 bits per heavy atom. The van der Waals surface area contributed by atoms with Gasteiger partial charge >= 0.3 is 5.97 Å². The highest BCUT2D eigenvalue weighted by molar-refractivity contribution is 6.01. The van der Waals surface area contributed by atoms with Crippen LogP contribution in [0.3, 0.4) is 0 Å². The maximum Gasteiger partial charge on any atom is 0.319 e. The highest BCUT2D eigenvalue weighted by atomic mass is 16.4.